The van der Waals surface area contributed by atoms with Gasteiger partial charge in [-0.05, 0) is 44.7 Å². The van der Waals surface area contributed by atoms with Crippen molar-refractivity contribution in [1.82, 2.24) is 10.0 Å². The molecule has 1 aliphatic carbocycles. The standard InChI is InChI=1S/C13H26N2O2S/c16-18(17,11-12-7-9-14-10-8-12)15-13-5-3-1-2-4-6-13/h12-15H,1-11H2. The first kappa shape index (κ1) is 14.3. The molecule has 0 bridgehead atoms. The molecule has 0 aromatic carbocycles. The number of hydrogen-bond donors (Lipinski definition) is 2. The lowest BCUT2D eigenvalue weighted by atomic mass is 10.0. The van der Waals surface area contributed by atoms with Crippen LogP contribution in [0.1, 0.15) is 51.4 Å². The lowest BCUT2D eigenvalue weighted by Crippen LogP contribution is -2.40. The Labute approximate surface area is 111 Å². The van der Waals surface area contributed by atoms with Crippen LogP contribution in [0.15, 0.2) is 0 Å². The molecular weight excluding hydrogens is 248 g/mol. The highest BCUT2D eigenvalue weighted by atomic mass is 32.2. The molecule has 18 heavy (non-hydrogen) atoms. The lowest BCUT2D eigenvalue weighted by Gasteiger charge is -2.24. The van der Waals surface area contributed by atoms with E-state index in [9.17, 15) is 8.42 Å². The van der Waals surface area contributed by atoms with Crippen LogP contribution in [0.25, 0.3) is 0 Å². The minimum Gasteiger partial charge on any atom is -0.317 e. The number of piperidine rings is 1. The molecule has 4 nitrogen and oxygen atoms in total. The third-order valence-corrected chi connectivity index (χ3v) is 5.72. The van der Waals surface area contributed by atoms with Gasteiger partial charge >= 0.3 is 0 Å². The molecule has 1 heterocycles. The fourth-order valence-corrected chi connectivity index (χ4v) is 4.85. The molecular formula is C13H26N2O2S. The Hall–Kier alpha value is -0.130. The molecule has 106 valence electrons. The second-order valence-electron chi connectivity index (χ2n) is 5.78. The minimum absolute atomic E-state index is 0.194. The van der Waals surface area contributed by atoms with E-state index in [4.69, 9.17) is 0 Å². The smallest absolute Gasteiger partial charge is 0.212 e. The van der Waals surface area contributed by atoms with Gasteiger partial charge in [-0.3, -0.25) is 0 Å². The number of hydrogen-bond acceptors (Lipinski definition) is 3. The largest absolute Gasteiger partial charge is 0.317 e. The normalized spacial score (nSPS) is 24.9. The van der Waals surface area contributed by atoms with E-state index in [-0.39, 0.29) is 6.04 Å². The van der Waals surface area contributed by atoms with E-state index in [0.717, 1.165) is 38.8 Å². The highest BCUT2D eigenvalue weighted by Crippen LogP contribution is 2.19. The molecule has 5 heteroatoms. The summed E-state index contributed by atoms with van der Waals surface area (Å²) in [5.74, 6) is 0.667. The van der Waals surface area contributed by atoms with Crippen LogP contribution >= 0.6 is 0 Å². The Kier molecular flexibility index (Phi) is 5.45. The van der Waals surface area contributed by atoms with E-state index < -0.39 is 10.0 Å². The zero-order valence-electron chi connectivity index (χ0n) is 11.2. The van der Waals surface area contributed by atoms with Crippen LogP contribution in [0.3, 0.4) is 0 Å². The molecule has 0 aromatic heterocycles. The maximum atomic E-state index is 12.1. The van der Waals surface area contributed by atoms with E-state index in [1.807, 2.05) is 0 Å². The predicted molar refractivity (Wildman–Crippen MR) is 74.0 cm³/mol. The molecule has 0 amide bonds. The van der Waals surface area contributed by atoms with Crippen LogP contribution in [0.2, 0.25) is 0 Å². The molecule has 2 fully saturated rings. The molecule has 0 atom stereocenters. The summed E-state index contributed by atoms with van der Waals surface area (Å²) in [7, 11) is -3.07. The number of rotatable bonds is 4. The Morgan fingerprint density at radius 2 is 1.56 bits per heavy atom. The molecule has 0 spiro atoms. The average molecular weight is 274 g/mol. The molecule has 1 saturated heterocycles. The average Bonchev–Trinajstić information content (AvgIpc) is 2.57. The third kappa shape index (κ3) is 4.86. The topological polar surface area (TPSA) is 58.2 Å². The van der Waals surface area contributed by atoms with Crippen LogP contribution in [0.5, 0.6) is 0 Å². The molecule has 0 radical (unpaired) electrons. The second kappa shape index (κ2) is 6.87. The molecule has 1 aliphatic heterocycles. The Morgan fingerprint density at radius 1 is 0.944 bits per heavy atom. The Bertz CT molecular complexity index is 329. The molecule has 2 N–H and O–H groups in total. The van der Waals surface area contributed by atoms with Crippen molar-refractivity contribution in [3.8, 4) is 0 Å². The molecule has 0 unspecified atom stereocenters. The minimum atomic E-state index is -3.07. The summed E-state index contributed by atoms with van der Waals surface area (Å²) in [5.41, 5.74) is 0. The van der Waals surface area contributed by atoms with Gasteiger partial charge in [-0.1, -0.05) is 25.7 Å². The van der Waals surface area contributed by atoms with Crippen LogP contribution in [-0.4, -0.2) is 33.3 Å². The summed E-state index contributed by atoms with van der Waals surface area (Å²) in [6.45, 7) is 1.92. The van der Waals surface area contributed by atoms with Gasteiger partial charge in [-0.15, -0.1) is 0 Å². The SMILES string of the molecule is O=S(=O)(CC1CCNCC1)NC1CCCCCC1. The highest BCUT2D eigenvalue weighted by molar-refractivity contribution is 7.89. The van der Waals surface area contributed by atoms with E-state index in [2.05, 4.69) is 10.0 Å². The quantitative estimate of drug-likeness (QED) is 0.766. The zero-order valence-corrected chi connectivity index (χ0v) is 12.0. The summed E-state index contributed by atoms with van der Waals surface area (Å²) < 4.78 is 27.2. The monoisotopic (exact) mass is 274 g/mol. The van der Waals surface area contributed by atoms with Gasteiger partial charge < -0.3 is 5.32 Å². The maximum absolute atomic E-state index is 12.1. The number of nitrogens with one attached hydrogen (secondary N) is 2. The Morgan fingerprint density at radius 3 is 2.17 bits per heavy atom. The zero-order chi connectivity index (χ0) is 12.8. The third-order valence-electron chi connectivity index (χ3n) is 4.12. The lowest BCUT2D eigenvalue weighted by molar-refractivity contribution is 0.398. The molecule has 2 aliphatic rings. The van der Waals surface area contributed by atoms with Crippen molar-refractivity contribution in [1.29, 1.82) is 0 Å². The predicted octanol–water partition coefficient (Wildman–Crippen LogP) is 1.63. The second-order valence-corrected chi connectivity index (χ2v) is 7.58. The fraction of sp³-hybridized carbons (Fsp3) is 1.00. The van der Waals surface area contributed by atoms with Gasteiger partial charge in [0.15, 0.2) is 0 Å². The van der Waals surface area contributed by atoms with E-state index in [0.29, 0.717) is 11.7 Å². The molecule has 1 saturated carbocycles. The molecule has 2 rings (SSSR count). The Balaban J connectivity index is 1.81. The van der Waals surface area contributed by atoms with Gasteiger partial charge in [0, 0.05) is 6.04 Å². The first-order valence-electron chi connectivity index (χ1n) is 7.36. The van der Waals surface area contributed by atoms with Crippen molar-refractivity contribution in [3.05, 3.63) is 0 Å². The van der Waals surface area contributed by atoms with Crippen LogP contribution < -0.4 is 10.0 Å². The summed E-state index contributed by atoms with van der Waals surface area (Å²) in [6, 6.07) is 0.194. The van der Waals surface area contributed by atoms with Crippen molar-refractivity contribution in [2.24, 2.45) is 5.92 Å². The van der Waals surface area contributed by atoms with Crippen LogP contribution in [0.4, 0.5) is 0 Å². The van der Waals surface area contributed by atoms with E-state index in [1.54, 1.807) is 0 Å². The van der Waals surface area contributed by atoms with Crippen molar-refractivity contribution < 1.29 is 8.42 Å². The van der Waals surface area contributed by atoms with Crippen LogP contribution in [-0.2, 0) is 10.0 Å². The first-order chi connectivity index (χ1) is 8.66. The highest BCUT2D eigenvalue weighted by Gasteiger charge is 2.24. The van der Waals surface area contributed by atoms with Gasteiger partial charge in [0.2, 0.25) is 10.0 Å². The number of sulfonamides is 1. The summed E-state index contributed by atoms with van der Waals surface area (Å²) in [5, 5.41) is 3.27. The van der Waals surface area contributed by atoms with E-state index in [1.165, 1.54) is 25.7 Å². The molecule has 0 aromatic rings. The maximum Gasteiger partial charge on any atom is 0.212 e. The van der Waals surface area contributed by atoms with Gasteiger partial charge in [0.1, 0.15) is 0 Å². The van der Waals surface area contributed by atoms with Gasteiger partial charge in [-0.2, -0.15) is 0 Å². The van der Waals surface area contributed by atoms with Crippen molar-refractivity contribution in [3.63, 3.8) is 0 Å². The van der Waals surface area contributed by atoms with Crippen molar-refractivity contribution >= 4 is 10.0 Å². The van der Waals surface area contributed by atoms with Gasteiger partial charge in [-0.25, -0.2) is 13.1 Å². The fourth-order valence-electron chi connectivity index (χ4n) is 3.06. The van der Waals surface area contributed by atoms with Gasteiger partial charge in [0.05, 0.1) is 5.75 Å². The summed E-state index contributed by atoms with van der Waals surface area (Å²) in [4.78, 5) is 0. The first-order valence-corrected chi connectivity index (χ1v) is 9.02. The summed E-state index contributed by atoms with van der Waals surface area (Å²) in [6.07, 6.45) is 8.87. The van der Waals surface area contributed by atoms with E-state index >= 15 is 0 Å². The van der Waals surface area contributed by atoms with Crippen LogP contribution in [0, 0.1) is 5.92 Å². The summed E-state index contributed by atoms with van der Waals surface area (Å²) >= 11 is 0. The van der Waals surface area contributed by atoms with Gasteiger partial charge in [0.25, 0.3) is 0 Å². The van der Waals surface area contributed by atoms with Crippen molar-refractivity contribution in [2.75, 3.05) is 18.8 Å². The van der Waals surface area contributed by atoms with Crippen molar-refractivity contribution in [2.45, 2.75) is 57.4 Å².